The predicted molar refractivity (Wildman–Crippen MR) is 102 cm³/mol. The first-order chi connectivity index (χ1) is 13.2. The lowest BCUT2D eigenvalue weighted by Crippen LogP contribution is -2.31. The molecule has 1 fully saturated rings. The fraction of sp³-hybridized carbons (Fsp3) is 0.737. The first-order valence-corrected chi connectivity index (χ1v) is 10.2. The van der Waals surface area contributed by atoms with Crippen LogP contribution in [0.15, 0.2) is 12.4 Å². The van der Waals surface area contributed by atoms with Crippen molar-refractivity contribution >= 4 is 0 Å². The summed E-state index contributed by atoms with van der Waals surface area (Å²) in [6.07, 6.45) is 5.77. The van der Waals surface area contributed by atoms with E-state index >= 15 is 0 Å². The molecular formula is C19H31N7O. The fourth-order valence-corrected chi connectivity index (χ4v) is 4.14. The Morgan fingerprint density at radius 3 is 3.00 bits per heavy atom. The van der Waals surface area contributed by atoms with Crippen LogP contribution >= 0.6 is 0 Å². The highest BCUT2D eigenvalue weighted by molar-refractivity contribution is 5.11. The number of nitrogens with zero attached hydrogens (tertiary/aromatic N) is 7. The Balaban J connectivity index is 1.36. The molecule has 2 aliphatic rings. The summed E-state index contributed by atoms with van der Waals surface area (Å²) < 4.78 is 10.1. The van der Waals surface area contributed by atoms with Crippen LogP contribution in [0.1, 0.15) is 43.4 Å². The molecule has 8 nitrogen and oxygen atoms in total. The largest absolute Gasteiger partial charge is 0.377 e. The minimum atomic E-state index is 0.418. The number of hydrogen-bond donors (Lipinski definition) is 0. The Kier molecular flexibility index (Phi) is 5.85. The number of aryl methyl sites for hydroxylation is 2. The SMILES string of the molecule is CCn1cnnc1CN(C)Cc1cc2n(n1)CCCN(C[C@H]1CCCO1)C2. The lowest BCUT2D eigenvalue weighted by atomic mass is 10.2. The molecule has 4 rings (SSSR count). The number of hydrogen-bond acceptors (Lipinski definition) is 6. The van der Waals surface area contributed by atoms with Gasteiger partial charge in [0.1, 0.15) is 12.2 Å². The molecule has 1 atom stereocenters. The summed E-state index contributed by atoms with van der Waals surface area (Å²) in [6, 6.07) is 2.27. The van der Waals surface area contributed by atoms with E-state index in [9.17, 15) is 0 Å². The van der Waals surface area contributed by atoms with Crippen molar-refractivity contribution in [3.63, 3.8) is 0 Å². The van der Waals surface area contributed by atoms with Gasteiger partial charge in [-0.15, -0.1) is 10.2 Å². The maximum atomic E-state index is 5.83. The Labute approximate surface area is 161 Å². The molecule has 148 valence electrons. The van der Waals surface area contributed by atoms with E-state index in [1.165, 1.54) is 18.5 Å². The second kappa shape index (κ2) is 8.50. The monoisotopic (exact) mass is 373 g/mol. The van der Waals surface area contributed by atoms with Crippen molar-refractivity contribution in [3.05, 3.63) is 29.6 Å². The van der Waals surface area contributed by atoms with E-state index in [1.54, 1.807) is 6.33 Å². The third kappa shape index (κ3) is 4.56. The summed E-state index contributed by atoms with van der Waals surface area (Å²) >= 11 is 0. The molecule has 1 saturated heterocycles. The summed E-state index contributed by atoms with van der Waals surface area (Å²) in [5.74, 6) is 1.00. The van der Waals surface area contributed by atoms with Gasteiger partial charge in [0, 0.05) is 45.9 Å². The zero-order valence-electron chi connectivity index (χ0n) is 16.5. The van der Waals surface area contributed by atoms with Gasteiger partial charge in [0.2, 0.25) is 0 Å². The molecule has 0 radical (unpaired) electrons. The third-order valence-electron chi connectivity index (χ3n) is 5.51. The molecule has 0 bridgehead atoms. The van der Waals surface area contributed by atoms with Gasteiger partial charge in [0.15, 0.2) is 0 Å². The Bertz CT molecular complexity index is 734. The van der Waals surface area contributed by atoms with Crippen LogP contribution in [0.3, 0.4) is 0 Å². The van der Waals surface area contributed by atoms with Crippen molar-refractivity contribution in [2.24, 2.45) is 0 Å². The van der Waals surface area contributed by atoms with Crippen LogP contribution < -0.4 is 0 Å². The van der Waals surface area contributed by atoms with Gasteiger partial charge >= 0.3 is 0 Å². The Morgan fingerprint density at radius 1 is 1.26 bits per heavy atom. The van der Waals surface area contributed by atoms with E-state index in [1.807, 2.05) is 0 Å². The Hall–Kier alpha value is -1.77. The number of rotatable bonds is 7. The second-order valence-corrected chi connectivity index (χ2v) is 7.78. The van der Waals surface area contributed by atoms with Crippen LogP contribution in [-0.4, -0.2) is 67.2 Å². The lowest BCUT2D eigenvalue weighted by molar-refractivity contribution is 0.0711. The van der Waals surface area contributed by atoms with Crippen LogP contribution in [0.4, 0.5) is 0 Å². The van der Waals surface area contributed by atoms with Gasteiger partial charge in [0.05, 0.1) is 24.0 Å². The van der Waals surface area contributed by atoms with E-state index in [-0.39, 0.29) is 0 Å². The molecule has 2 aromatic rings. The van der Waals surface area contributed by atoms with Crippen LogP contribution in [0, 0.1) is 0 Å². The second-order valence-electron chi connectivity index (χ2n) is 7.78. The van der Waals surface area contributed by atoms with Gasteiger partial charge < -0.3 is 9.30 Å². The highest BCUT2D eigenvalue weighted by atomic mass is 16.5. The zero-order valence-corrected chi connectivity index (χ0v) is 16.5. The predicted octanol–water partition coefficient (Wildman–Crippen LogP) is 1.51. The molecule has 27 heavy (non-hydrogen) atoms. The van der Waals surface area contributed by atoms with Gasteiger partial charge in [-0.1, -0.05) is 0 Å². The molecule has 0 saturated carbocycles. The third-order valence-corrected chi connectivity index (χ3v) is 5.51. The van der Waals surface area contributed by atoms with Gasteiger partial charge in [0.25, 0.3) is 0 Å². The molecule has 4 heterocycles. The minimum Gasteiger partial charge on any atom is -0.377 e. The number of fused-ring (bicyclic) bond motifs is 1. The van der Waals surface area contributed by atoms with Crippen molar-refractivity contribution in [2.45, 2.75) is 65.0 Å². The summed E-state index contributed by atoms with van der Waals surface area (Å²) in [4.78, 5) is 4.79. The van der Waals surface area contributed by atoms with Gasteiger partial charge in [-0.05, 0) is 39.3 Å². The molecule has 2 aliphatic heterocycles. The summed E-state index contributed by atoms with van der Waals surface area (Å²) in [5.41, 5.74) is 2.46. The summed E-state index contributed by atoms with van der Waals surface area (Å²) in [6.45, 7) is 9.70. The van der Waals surface area contributed by atoms with Gasteiger partial charge in [-0.25, -0.2) is 0 Å². The van der Waals surface area contributed by atoms with Crippen molar-refractivity contribution in [1.29, 1.82) is 0 Å². The van der Waals surface area contributed by atoms with Gasteiger partial charge in [-0.2, -0.15) is 5.10 Å². The van der Waals surface area contributed by atoms with Gasteiger partial charge in [-0.3, -0.25) is 14.5 Å². The standard InChI is InChI=1S/C19H31N7O/c1-3-25-15-20-21-19(25)14-23(2)11-16-10-17-12-24(7-5-8-26(17)22-16)13-18-6-4-9-27-18/h10,15,18H,3-9,11-14H2,1-2H3/t18-/m1/s1. The maximum Gasteiger partial charge on any atom is 0.146 e. The van der Waals surface area contributed by atoms with Crippen LogP contribution in [0.5, 0.6) is 0 Å². The molecule has 0 aliphatic carbocycles. The average molecular weight is 374 g/mol. The van der Waals surface area contributed by atoms with Crippen LogP contribution in [0.2, 0.25) is 0 Å². The summed E-state index contributed by atoms with van der Waals surface area (Å²) in [7, 11) is 2.11. The van der Waals surface area contributed by atoms with E-state index in [0.29, 0.717) is 6.10 Å². The molecular weight excluding hydrogens is 342 g/mol. The molecule has 0 N–H and O–H groups in total. The highest BCUT2D eigenvalue weighted by Gasteiger charge is 2.22. The first-order valence-electron chi connectivity index (χ1n) is 10.2. The summed E-state index contributed by atoms with van der Waals surface area (Å²) in [5, 5.41) is 13.1. The quantitative estimate of drug-likeness (QED) is 0.733. The smallest absolute Gasteiger partial charge is 0.146 e. The molecule has 0 spiro atoms. The lowest BCUT2D eigenvalue weighted by Gasteiger charge is -2.22. The molecule has 0 unspecified atom stereocenters. The number of aromatic nitrogens is 5. The fourth-order valence-electron chi connectivity index (χ4n) is 4.14. The normalized spacial score (nSPS) is 20.9. The first kappa shape index (κ1) is 18.6. The maximum absolute atomic E-state index is 5.83. The van der Waals surface area contributed by atoms with Crippen molar-refractivity contribution in [1.82, 2.24) is 34.3 Å². The van der Waals surface area contributed by atoms with Crippen molar-refractivity contribution in [3.8, 4) is 0 Å². The topological polar surface area (TPSA) is 64.2 Å². The van der Waals surface area contributed by atoms with E-state index < -0.39 is 0 Å². The highest BCUT2D eigenvalue weighted by Crippen LogP contribution is 2.19. The number of ether oxygens (including phenoxy) is 1. The van der Waals surface area contributed by atoms with Crippen LogP contribution in [-0.2, 0) is 37.5 Å². The molecule has 0 aromatic carbocycles. The average Bonchev–Trinajstić information content (AvgIpc) is 3.36. The minimum absolute atomic E-state index is 0.418. The zero-order chi connectivity index (χ0) is 18.6. The van der Waals surface area contributed by atoms with E-state index in [0.717, 1.165) is 70.4 Å². The van der Waals surface area contributed by atoms with Crippen LogP contribution in [0.25, 0.3) is 0 Å². The Morgan fingerprint density at radius 2 is 2.19 bits per heavy atom. The molecule has 2 aromatic heterocycles. The van der Waals surface area contributed by atoms with E-state index in [4.69, 9.17) is 9.84 Å². The van der Waals surface area contributed by atoms with Crippen molar-refractivity contribution < 1.29 is 4.74 Å². The molecule has 8 heteroatoms. The van der Waals surface area contributed by atoms with E-state index in [2.05, 4.69) is 49.3 Å². The molecule has 0 amide bonds. The van der Waals surface area contributed by atoms with Crippen molar-refractivity contribution in [2.75, 3.05) is 26.7 Å².